The molecule has 0 aliphatic rings. The van der Waals surface area contributed by atoms with Gasteiger partial charge in [-0.3, -0.25) is 0 Å². The standard InChI is InChI=1S/C10H12.CH4/c1-5-6-10(4)8-7-9(2)3;/h6-8H,1-2,4H2,3H3;1H4/b8-7-;. The van der Waals surface area contributed by atoms with E-state index in [1.807, 2.05) is 19.1 Å². The molecule has 0 saturated heterocycles. The van der Waals surface area contributed by atoms with E-state index in [4.69, 9.17) is 0 Å². The molecule has 0 heteroatoms. The van der Waals surface area contributed by atoms with Gasteiger partial charge in [-0.15, -0.1) is 5.73 Å². The van der Waals surface area contributed by atoms with E-state index in [1.165, 1.54) is 0 Å². The number of allylic oxidation sites excluding steroid dienone is 5. The highest BCUT2D eigenvalue weighted by molar-refractivity contribution is 5.30. The van der Waals surface area contributed by atoms with E-state index in [2.05, 4.69) is 25.5 Å². The fourth-order valence-corrected chi connectivity index (χ4v) is 0.429. The van der Waals surface area contributed by atoms with Crippen molar-refractivity contribution in [2.75, 3.05) is 0 Å². The predicted molar refractivity (Wildman–Crippen MR) is 53.5 cm³/mol. The van der Waals surface area contributed by atoms with E-state index in [0.717, 1.165) is 11.1 Å². The van der Waals surface area contributed by atoms with Crippen LogP contribution in [0.2, 0.25) is 0 Å². The van der Waals surface area contributed by atoms with E-state index in [1.54, 1.807) is 6.08 Å². The number of hydrogen-bond acceptors (Lipinski definition) is 0. The summed E-state index contributed by atoms with van der Waals surface area (Å²) in [5, 5.41) is 0. The first-order chi connectivity index (χ1) is 4.66. The molecule has 60 valence electrons. The molecular weight excluding hydrogens is 132 g/mol. The lowest BCUT2D eigenvalue weighted by Crippen LogP contribution is -1.65. The topological polar surface area (TPSA) is 0 Å². The summed E-state index contributed by atoms with van der Waals surface area (Å²) >= 11 is 0. The molecule has 0 heterocycles. The van der Waals surface area contributed by atoms with E-state index in [0.29, 0.717) is 0 Å². The molecule has 0 rings (SSSR count). The Bertz CT molecular complexity index is 210. The summed E-state index contributed by atoms with van der Waals surface area (Å²) < 4.78 is 0. The zero-order valence-electron chi connectivity index (χ0n) is 6.35. The maximum atomic E-state index is 3.73. The second-order valence-corrected chi connectivity index (χ2v) is 2.10. The molecule has 0 aromatic rings. The normalized spacial score (nSPS) is 8.09. The summed E-state index contributed by atoms with van der Waals surface area (Å²) in [7, 11) is 0. The molecule has 0 fully saturated rings. The van der Waals surface area contributed by atoms with Crippen LogP contribution in [0.25, 0.3) is 0 Å². The summed E-state index contributed by atoms with van der Waals surface area (Å²) in [5.41, 5.74) is 4.54. The van der Waals surface area contributed by atoms with E-state index < -0.39 is 0 Å². The van der Waals surface area contributed by atoms with Gasteiger partial charge in [0.15, 0.2) is 0 Å². The van der Waals surface area contributed by atoms with Crippen LogP contribution in [0.4, 0.5) is 0 Å². The SMILES string of the molecule is C.C=C=CC(=C)/C=C\C(=C)C. The van der Waals surface area contributed by atoms with Gasteiger partial charge in [-0.25, -0.2) is 0 Å². The Morgan fingerprint density at radius 2 is 1.82 bits per heavy atom. The second-order valence-electron chi connectivity index (χ2n) is 2.10. The summed E-state index contributed by atoms with van der Waals surface area (Å²) in [4.78, 5) is 0. The summed E-state index contributed by atoms with van der Waals surface area (Å²) in [6, 6.07) is 0. The predicted octanol–water partition coefficient (Wildman–Crippen LogP) is 3.65. The summed E-state index contributed by atoms with van der Waals surface area (Å²) in [6.07, 6.45) is 5.50. The van der Waals surface area contributed by atoms with Gasteiger partial charge < -0.3 is 0 Å². The summed E-state index contributed by atoms with van der Waals surface area (Å²) in [5.74, 6) is 0. The monoisotopic (exact) mass is 148 g/mol. The summed E-state index contributed by atoms with van der Waals surface area (Å²) in [6.45, 7) is 12.8. The average Bonchev–Trinajstić information content (AvgIpc) is 1.85. The first-order valence-corrected chi connectivity index (χ1v) is 3.05. The minimum absolute atomic E-state index is 0. The highest BCUT2D eigenvalue weighted by Gasteiger charge is 1.77. The molecule has 0 saturated carbocycles. The minimum atomic E-state index is 0. The third-order valence-electron chi connectivity index (χ3n) is 0.869. The van der Waals surface area contributed by atoms with Crippen molar-refractivity contribution in [3.05, 3.63) is 54.8 Å². The molecule has 0 aliphatic carbocycles. The molecule has 0 bridgehead atoms. The molecule has 0 nitrogen and oxygen atoms in total. The first-order valence-electron chi connectivity index (χ1n) is 3.05. The third kappa shape index (κ3) is 8.74. The Morgan fingerprint density at radius 3 is 2.18 bits per heavy atom. The number of rotatable bonds is 3. The van der Waals surface area contributed by atoms with Gasteiger partial charge in [-0.1, -0.05) is 44.9 Å². The molecule has 0 aromatic carbocycles. The van der Waals surface area contributed by atoms with Crippen molar-refractivity contribution in [1.29, 1.82) is 0 Å². The van der Waals surface area contributed by atoms with E-state index >= 15 is 0 Å². The Morgan fingerprint density at radius 1 is 1.27 bits per heavy atom. The van der Waals surface area contributed by atoms with Crippen LogP contribution >= 0.6 is 0 Å². The van der Waals surface area contributed by atoms with Crippen molar-refractivity contribution in [1.82, 2.24) is 0 Å². The van der Waals surface area contributed by atoms with Crippen LogP contribution in [0.1, 0.15) is 14.4 Å². The van der Waals surface area contributed by atoms with Crippen molar-refractivity contribution in [3.8, 4) is 0 Å². The van der Waals surface area contributed by atoms with Crippen molar-refractivity contribution in [2.45, 2.75) is 14.4 Å². The maximum Gasteiger partial charge on any atom is -0.0139 e. The van der Waals surface area contributed by atoms with Crippen molar-refractivity contribution >= 4 is 0 Å². The molecule has 11 heavy (non-hydrogen) atoms. The Hall–Kier alpha value is -1.26. The molecule has 0 aliphatic heterocycles. The van der Waals surface area contributed by atoms with Crippen LogP contribution < -0.4 is 0 Å². The van der Waals surface area contributed by atoms with Gasteiger partial charge in [0.2, 0.25) is 0 Å². The molecule has 0 spiro atoms. The van der Waals surface area contributed by atoms with Gasteiger partial charge in [-0.05, 0) is 18.6 Å². The largest absolute Gasteiger partial charge is 0.128 e. The maximum absolute atomic E-state index is 3.73. The van der Waals surface area contributed by atoms with Crippen molar-refractivity contribution < 1.29 is 0 Å². The fourth-order valence-electron chi connectivity index (χ4n) is 0.429. The fraction of sp³-hybridized carbons (Fsp3) is 0.182. The van der Waals surface area contributed by atoms with Gasteiger partial charge in [0.05, 0.1) is 0 Å². The lowest BCUT2D eigenvalue weighted by atomic mass is 10.2. The van der Waals surface area contributed by atoms with Gasteiger partial charge >= 0.3 is 0 Å². The van der Waals surface area contributed by atoms with Crippen LogP contribution in [0.3, 0.4) is 0 Å². The molecule has 0 radical (unpaired) electrons. The van der Waals surface area contributed by atoms with Crippen LogP contribution in [-0.2, 0) is 0 Å². The van der Waals surface area contributed by atoms with Gasteiger partial charge in [0, 0.05) is 0 Å². The highest BCUT2D eigenvalue weighted by atomic mass is 13.8. The number of hydrogen-bond donors (Lipinski definition) is 0. The Labute approximate surface area is 69.9 Å². The third-order valence-corrected chi connectivity index (χ3v) is 0.869. The van der Waals surface area contributed by atoms with Crippen LogP contribution in [0, 0.1) is 0 Å². The minimum Gasteiger partial charge on any atom is -0.128 e. The highest BCUT2D eigenvalue weighted by Crippen LogP contribution is 1.97. The van der Waals surface area contributed by atoms with Crippen molar-refractivity contribution in [2.24, 2.45) is 0 Å². The first kappa shape index (κ1) is 12.4. The van der Waals surface area contributed by atoms with Gasteiger partial charge in [0.1, 0.15) is 0 Å². The lowest BCUT2D eigenvalue weighted by molar-refractivity contribution is 1.55. The molecule has 0 aromatic heterocycles. The van der Waals surface area contributed by atoms with Crippen LogP contribution in [-0.4, -0.2) is 0 Å². The van der Waals surface area contributed by atoms with E-state index in [-0.39, 0.29) is 7.43 Å². The van der Waals surface area contributed by atoms with Crippen LogP contribution in [0.5, 0.6) is 0 Å². The zero-order chi connectivity index (χ0) is 7.98. The van der Waals surface area contributed by atoms with Crippen LogP contribution in [0.15, 0.2) is 54.8 Å². The average molecular weight is 148 g/mol. The molecular formula is C11H16. The molecule has 0 atom stereocenters. The van der Waals surface area contributed by atoms with E-state index in [9.17, 15) is 0 Å². The molecule has 0 N–H and O–H groups in total. The Balaban J connectivity index is 0. The quantitative estimate of drug-likeness (QED) is 0.423. The van der Waals surface area contributed by atoms with Gasteiger partial charge in [-0.2, -0.15) is 0 Å². The second kappa shape index (κ2) is 6.85. The van der Waals surface area contributed by atoms with Crippen molar-refractivity contribution in [3.63, 3.8) is 0 Å². The zero-order valence-corrected chi connectivity index (χ0v) is 6.35. The molecule has 0 amide bonds. The molecule has 0 unspecified atom stereocenters. The Kier molecular flexibility index (Phi) is 7.74. The lowest BCUT2D eigenvalue weighted by Gasteiger charge is -1.85. The van der Waals surface area contributed by atoms with Gasteiger partial charge in [0.25, 0.3) is 0 Å². The smallest absolute Gasteiger partial charge is 0.0139 e.